The first-order valence-electron chi connectivity index (χ1n) is 6.20. The Bertz CT molecular complexity index is 532. The average molecular weight is 358 g/mol. The van der Waals surface area contributed by atoms with Gasteiger partial charge in [0, 0.05) is 17.9 Å². The van der Waals surface area contributed by atoms with Crippen LogP contribution in [0, 0.1) is 0 Å². The molecule has 1 aliphatic rings. The van der Waals surface area contributed by atoms with Gasteiger partial charge in [-0.05, 0) is 36.8 Å². The Hall–Kier alpha value is -1.18. The van der Waals surface area contributed by atoms with Gasteiger partial charge in [0.1, 0.15) is 0 Å². The maximum atomic E-state index is 12.4. The van der Waals surface area contributed by atoms with E-state index in [0.29, 0.717) is 11.5 Å². The number of hydrogen-bond donors (Lipinski definition) is 3. The van der Waals surface area contributed by atoms with E-state index in [0.717, 1.165) is 10.0 Å². The van der Waals surface area contributed by atoms with Gasteiger partial charge in [-0.25, -0.2) is 0 Å². The van der Waals surface area contributed by atoms with Crippen LogP contribution in [0.15, 0.2) is 28.7 Å². The zero-order valence-electron chi connectivity index (χ0n) is 11.2. The Morgan fingerprint density at radius 2 is 2.20 bits per heavy atom. The lowest BCUT2D eigenvalue weighted by Crippen LogP contribution is -2.60. The predicted octanol–water partition coefficient (Wildman–Crippen LogP) is 1.58. The van der Waals surface area contributed by atoms with E-state index in [-0.39, 0.29) is 12.0 Å². The quantitative estimate of drug-likeness (QED) is 0.554. The summed E-state index contributed by atoms with van der Waals surface area (Å²) < 4.78 is 6.67. The molecule has 1 aromatic rings. The van der Waals surface area contributed by atoms with Crippen molar-refractivity contribution in [3.8, 4) is 0 Å². The van der Waals surface area contributed by atoms with E-state index in [9.17, 15) is 4.79 Å². The van der Waals surface area contributed by atoms with Gasteiger partial charge in [-0.3, -0.25) is 15.6 Å². The van der Waals surface area contributed by atoms with Gasteiger partial charge >= 0.3 is 0 Å². The van der Waals surface area contributed by atoms with Crippen molar-refractivity contribution in [2.45, 2.75) is 25.0 Å². The molecule has 0 radical (unpaired) electrons. The predicted molar refractivity (Wildman–Crippen MR) is 83.9 cm³/mol. The van der Waals surface area contributed by atoms with Crippen molar-refractivity contribution < 1.29 is 9.53 Å². The highest BCUT2D eigenvalue weighted by Crippen LogP contribution is 2.42. The normalized spacial score (nSPS) is 24.4. The van der Waals surface area contributed by atoms with Crippen molar-refractivity contribution >= 4 is 39.2 Å². The number of rotatable bonds is 2. The van der Waals surface area contributed by atoms with Crippen molar-refractivity contribution in [2.75, 3.05) is 7.05 Å². The summed E-state index contributed by atoms with van der Waals surface area (Å²) in [7, 11) is 1.67. The molecule has 7 heteroatoms. The summed E-state index contributed by atoms with van der Waals surface area (Å²) in [5.41, 5.74) is 5.08. The lowest BCUT2D eigenvalue weighted by Gasteiger charge is -2.45. The molecule has 5 nitrogen and oxygen atoms in total. The zero-order valence-corrected chi connectivity index (χ0v) is 13.6. The van der Waals surface area contributed by atoms with Crippen LogP contribution in [0.1, 0.15) is 18.9 Å². The topological polar surface area (TPSA) is 62.4 Å². The number of nitrogens with one attached hydrogen (secondary N) is 3. The van der Waals surface area contributed by atoms with Gasteiger partial charge in [0.05, 0.1) is 6.10 Å². The van der Waals surface area contributed by atoms with Crippen LogP contribution in [0.2, 0.25) is 0 Å². The van der Waals surface area contributed by atoms with Crippen molar-refractivity contribution in [3.05, 3.63) is 34.3 Å². The number of carbonyl (C=O) groups is 1. The second-order valence-electron chi connectivity index (χ2n) is 4.63. The van der Waals surface area contributed by atoms with Crippen LogP contribution < -0.4 is 16.2 Å². The molecule has 0 aromatic heterocycles. The fraction of sp³-hybridized carbons (Fsp3) is 0.385. The highest BCUT2D eigenvalue weighted by atomic mass is 79.9. The van der Waals surface area contributed by atoms with E-state index in [4.69, 9.17) is 17.0 Å². The minimum Gasteiger partial charge on any atom is -0.364 e. The Balaban J connectivity index is 2.18. The molecule has 20 heavy (non-hydrogen) atoms. The largest absolute Gasteiger partial charge is 0.364 e. The summed E-state index contributed by atoms with van der Waals surface area (Å²) in [5.74, 6) is -0.258. The first-order valence-corrected chi connectivity index (χ1v) is 7.40. The molecule has 0 bridgehead atoms. The highest BCUT2D eigenvalue weighted by molar-refractivity contribution is 9.10. The number of amides is 1. The van der Waals surface area contributed by atoms with E-state index >= 15 is 0 Å². The molecule has 0 spiro atoms. The third-order valence-corrected chi connectivity index (χ3v) is 3.95. The van der Waals surface area contributed by atoms with E-state index in [1.165, 1.54) is 0 Å². The molecule has 2 atom stereocenters. The van der Waals surface area contributed by atoms with Gasteiger partial charge in [0.25, 0.3) is 5.91 Å². The Labute approximate surface area is 131 Å². The highest BCUT2D eigenvalue weighted by Gasteiger charge is 2.51. The van der Waals surface area contributed by atoms with E-state index in [1.807, 2.05) is 31.2 Å². The molecule has 1 amide bonds. The lowest BCUT2D eigenvalue weighted by molar-refractivity contribution is -0.209. The zero-order chi connectivity index (χ0) is 14.8. The molecule has 3 N–H and O–H groups in total. The number of thiocarbonyl (C=S) groups is 1. The summed E-state index contributed by atoms with van der Waals surface area (Å²) in [6, 6.07) is 7.56. The molecular weight excluding hydrogens is 342 g/mol. The third-order valence-electron chi connectivity index (χ3n) is 3.15. The number of benzene rings is 1. The summed E-state index contributed by atoms with van der Waals surface area (Å²) in [4.78, 5) is 12.4. The molecule has 1 fully saturated rings. The van der Waals surface area contributed by atoms with Gasteiger partial charge in [-0.2, -0.15) is 0 Å². The number of carbonyl (C=O) groups excluding carboxylic acids is 1. The van der Waals surface area contributed by atoms with Crippen LogP contribution in [0.5, 0.6) is 0 Å². The Morgan fingerprint density at radius 1 is 1.50 bits per heavy atom. The van der Waals surface area contributed by atoms with Crippen LogP contribution in [-0.4, -0.2) is 24.2 Å². The lowest BCUT2D eigenvalue weighted by atomic mass is 9.82. The molecule has 1 aliphatic heterocycles. The molecule has 0 aliphatic carbocycles. The first-order chi connectivity index (χ1) is 9.48. The monoisotopic (exact) mass is 357 g/mol. The van der Waals surface area contributed by atoms with Crippen LogP contribution in [0.25, 0.3) is 0 Å². The number of hydrogen-bond acceptors (Lipinski definition) is 3. The van der Waals surface area contributed by atoms with E-state index in [2.05, 4.69) is 32.1 Å². The molecule has 1 saturated heterocycles. The van der Waals surface area contributed by atoms with E-state index < -0.39 is 5.60 Å². The number of halogens is 1. The average Bonchev–Trinajstić information content (AvgIpc) is 2.40. The maximum absolute atomic E-state index is 12.4. The van der Waals surface area contributed by atoms with Crippen molar-refractivity contribution in [1.29, 1.82) is 0 Å². The van der Waals surface area contributed by atoms with Crippen LogP contribution in [0.3, 0.4) is 0 Å². The van der Waals surface area contributed by atoms with Gasteiger partial charge in [0.15, 0.2) is 10.7 Å². The van der Waals surface area contributed by atoms with E-state index in [1.54, 1.807) is 7.05 Å². The van der Waals surface area contributed by atoms with Crippen LogP contribution >= 0.6 is 28.1 Å². The van der Waals surface area contributed by atoms with Crippen LogP contribution in [-0.2, 0) is 15.1 Å². The van der Waals surface area contributed by atoms with Gasteiger partial charge in [0.2, 0.25) is 0 Å². The van der Waals surface area contributed by atoms with Crippen molar-refractivity contribution in [1.82, 2.24) is 16.2 Å². The molecule has 108 valence electrons. The first kappa shape index (κ1) is 15.2. The second-order valence-corrected chi connectivity index (χ2v) is 5.95. The third kappa shape index (κ3) is 2.94. The van der Waals surface area contributed by atoms with Crippen molar-refractivity contribution in [3.63, 3.8) is 0 Å². The van der Waals surface area contributed by atoms with Gasteiger partial charge < -0.3 is 10.1 Å². The number of hydrazine groups is 1. The number of ether oxygens (including phenoxy) is 1. The molecule has 1 heterocycles. The van der Waals surface area contributed by atoms with Crippen LogP contribution in [0.4, 0.5) is 0 Å². The standard InChI is InChI=1S/C13H16BrN3O2S/c1-8-7-13(19-8,9-4-3-5-10(14)6-9)11(18)16-17-12(20)15-2/h3-6,8H,7H2,1-2H3,(H,16,18)(H2,15,17,20). The minimum atomic E-state index is -0.959. The summed E-state index contributed by atoms with van der Waals surface area (Å²) >= 11 is 8.34. The Morgan fingerprint density at radius 3 is 2.75 bits per heavy atom. The molecule has 1 aromatic carbocycles. The summed E-state index contributed by atoms with van der Waals surface area (Å²) in [6.45, 7) is 1.94. The SMILES string of the molecule is CNC(=S)NNC(=O)C1(c2cccc(Br)c2)CC(C)O1. The fourth-order valence-corrected chi connectivity index (χ4v) is 2.67. The second kappa shape index (κ2) is 6.07. The summed E-state index contributed by atoms with van der Waals surface area (Å²) in [5, 5.41) is 3.07. The van der Waals surface area contributed by atoms with Gasteiger partial charge in [-0.1, -0.05) is 28.1 Å². The summed E-state index contributed by atoms with van der Waals surface area (Å²) in [6.07, 6.45) is 0.680. The fourth-order valence-electron chi connectivity index (χ4n) is 2.22. The smallest absolute Gasteiger partial charge is 0.275 e. The molecule has 2 unspecified atom stereocenters. The maximum Gasteiger partial charge on any atom is 0.275 e. The Kier molecular flexibility index (Phi) is 4.62. The van der Waals surface area contributed by atoms with Crippen molar-refractivity contribution in [2.24, 2.45) is 0 Å². The van der Waals surface area contributed by atoms with Gasteiger partial charge in [-0.15, -0.1) is 0 Å². The molecule has 2 rings (SSSR count). The molecular formula is C13H16BrN3O2S. The molecule has 0 saturated carbocycles. The minimum absolute atomic E-state index is 0.0518.